The van der Waals surface area contributed by atoms with Gasteiger partial charge in [0.1, 0.15) is 7.14 Å². The summed E-state index contributed by atoms with van der Waals surface area (Å²) >= 11 is 0. The van der Waals surface area contributed by atoms with E-state index in [-0.39, 0.29) is 0 Å². The first kappa shape index (κ1) is 9.98. The predicted octanol–water partition coefficient (Wildman–Crippen LogP) is 3.25. The molecule has 0 bridgehead atoms. The van der Waals surface area contributed by atoms with Gasteiger partial charge in [0.15, 0.2) is 0 Å². The molecule has 0 heterocycles. The van der Waals surface area contributed by atoms with Gasteiger partial charge < -0.3 is 4.57 Å². The first-order chi connectivity index (χ1) is 6.71. The normalized spacial score (nSPS) is 22.1. The van der Waals surface area contributed by atoms with E-state index < -0.39 is 7.14 Å². The van der Waals surface area contributed by atoms with E-state index in [4.69, 9.17) is 0 Å². The van der Waals surface area contributed by atoms with Crippen LogP contribution in [0.2, 0.25) is 0 Å². The highest BCUT2D eigenvalue weighted by Gasteiger charge is 2.31. The molecule has 1 saturated carbocycles. The Morgan fingerprint density at radius 2 is 1.71 bits per heavy atom. The molecule has 0 N–H and O–H groups in total. The van der Waals surface area contributed by atoms with Crippen LogP contribution in [0.15, 0.2) is 30.3 Å². The Bertz CT molecular complexity index is 339. The van der Waals surface area contributed by atoms with Crippen molar-refractivity contribution in [2.75, 3.05) is 6.66 Å². The molecule has 0 aromatic heterocycles. The molecule has 0 saturated heterocycles. The van der Waals surface area contributed by atoms with Crippen LogP contribution in [0.3, 0.4) is 0 Å². The third kappa shape index (κ3) is 1.79. The lowest BCUT2D eigenvalue weighted by molar-refractivity contribution is 0.574. The summed E-state index contributed by atoms with van der Waals surface area (Å²) in [6.45, 7) is 1.96. The van der Waals surface area contributed by atoms with E-state index >= 15 is 0 Å². The minimum Gasteiger partial charge on any atom is -0.319 e. The van der Waals surface area contributed by atoms with Crippen molar-refractivity contribution in [3.8, 4) is 0 Å². The Hall–Kier alpha value is -0.550. The van der Waals surface area contributed by atoms with E-state index in [0.717, 1.165) is 18.1 Å². The first-order valence-corrected chi connectivity index (χ1v) is 7.56. The second kappa shape index (κ2) is 3.90. The summed E-state index contributed by atoms with van der Waals surface area (Å²) in [4.78, 5) is 0. The molecule has 0 unspecified atom stereocenters. The van der Waals surface area contributed by atoms with Gasteiger partial charge in [-0.25, -0.2) is 0 Å². The van der Waals surface area contributed by atoms with Gasteiger partial charge in [-0.15, -0.1) is 0 Å². The van der Waals surface area contributed by atoms with E-state index in [1.165, 1.54) is 12.8 Å². The van der Waals surface area contributed by atoms with Gasteiger partial charge in [-0.3, -0.25) is 0 Å². The molecular weight excluding hydrogens is 191 g/mol. The zero-order valence-corrected chi connectivity index (χ0v) is 9.54. The predicted molar refractivity (Wildman–Crippen MR) is 61.9 cm³/mol. The molecule has 76 valence electrons. The van der Waals surface area contributed by atoms with Crippen LogP contribution in [-0.2, 0) is 4.57 Å². The summed E-state index contributed by atoms with van der Waals surface area (Å²) in [5.74, 6) is 0. The van der Waals surface area contributed by atoms with Crippen molar-refractivity contribution >= 4 is 12.4 Å². The molecule has 14 heavy (non-hydrogen) atoms. The van der Waals surface area contributed by atoms with Crippen LogP contribution in [0.4, 0.5) is 0 Å². The highest BCUT2D eigenvalue weighted by molar-refractivity contribution is 7.71. The van der Waals surface area contributed by atoms with Crippen LogP contribution in [0.25, 0.3) is 0 Å². The summed E-state index contributed by atoms with van der Waals surface area (Å²) in [7, 11) is -2.09. The smallest absolute Gasteiger partial charge is 0.115 e. The highest BCUT2D eigenvalue weighted by Crippen LogP contribution is 2.52. The van der Waals surface area contributed by atoms with E-state index in [2.05, 4.69) is 0 Å². The van der Waals surface area contributed by atoms with Crippen molar-refractivity contribution in [1.82, 2.24) is 0 Å². The SMILES string of the molecule is C[P@@](=O)(c1ccccc1)C1CCCC1. The largest absolute Gasteiger partial charge is 0.319 e. The maximum Gasteiger partial charge on any atom is 0.115 e. The lowest BCUT2D eigenvalue weighted by Crippen LogP contribution is -2.13. The van der Waals surface area contributed by atoms with Crippen LogP contribution in [0, 0.1) is 0 Å². The van der Waals surface area contributed by atoms with Crippen molar-refractivity contribution in [1.29, 1.82) is 0 Å². The summed E-state index contributed by atoms with van der Waals surface area (Å²) < 4.78 is 12.6. The van der Waals surface area contributed by atoms with Crippen LogP contribution < -0.4 is 5.30 Å². The standard InChI is InChI=1S/C12H17OP/c1-14(13,12-9-5-6-10-12)11-7-3-2-4-8-11/h2-4,7-8,12H,5-6,9-10H2,1H3/t14-/m1/s1. The van der Waals surface area contributed by atoms with Crippen LogP contribution in [0.5, 0.6) is 0 Å². The molecule has 1 aromatic carbocycles. The summed E-state index contributed by atoms with van der Waals surface area (Å²) in [5.41, 5.74) is 0.449. The van der Waals surface area contributed by atoms with Crippen LogP contribution in [-0.4, -0.2) is 12.3 Å². The molecule has 0 amide bonds. The molecular formula is C12H17OP. The van der Waals surface area contributed by atoms with Gasteiger partial charge in [-0.05, 0) is 19.5 Å². The van der Waals surface area contributed by atoms with Crippen molar-refractivity contribution < 1.29 is 4.57 Å². The number of hydrogen-bond acceptors (Lipinski definition) is 1. The second-order valence-corrected chi connectivity index (χ2v) is 7.49. The molecule has 2 heteroatoms. The minimum absolute atomic E-state index is 0.449. The Morgan fingerprint density at radius 3 is 2.29 bits per heavy atom. The fourth-order valence-corrected chi connectivity index (χ4v) is 4.87. The summed E-state index contributed by atoms with van der Waals surface area (Å²) in [5, 5.41) is 1.06. The second-order valence-electron chi connectivity index (χ2n) is 4.26. The number of hydrogen-bond donors (Lipinski definition) is 0. The zero-order chi connectivity index (χ0) is 10.0. The average Bonchev–Trinajstić information content (AvgIpc) is 2.72. The lowest BCUT2D eigenvalue weighted by atomic mass is 10.4. The topological polar surface area (TPSA) is 17.1 Å². The lowest BCUT2D eigenvalue weighted by Gasteiger charge is -2.20. The molecule has 1 nitrogen and oxygen atoms in total. The molecule has 1 fully saturated rings. The van der Waals surface area contributed by atoms with E-state index in [1.54, 1.807) is 0 Å². The van der Waals surface area contributed by atoms with Gasteiger partial charge in [-0.1, -0.05) is 43.2 Å². The van der Waals surface area contributed by atoms with Gasteiger partial charge in [0, 0.05) is 11.0 Å². The van der Waals surface area contributed by atoms with Gasteiger partial charge in [0.2, 0.25) is 0 Å². The Labute approximate surface area is 85.9 Å². The molecule has 1 aliphatic rings. The molecule has 0 spiro atoms. The third-order valence-corrected chi connectivity index (χ3v) is 6.52. The molecule has 1 atom stereocenters. The van der Waals surface area contributed by atoms with E-state index in [9.17, 15) is 4.57 Å². The van der Waals surface area contributed by atoms with Crippen LogP contribution >= 0.6 is 7.14 Å². The maximum atomic E-state index is 12.6. The van der Waals surface area contributed by atoms with Gasteiger partial charge in [0.25, 0.3) is 0 Å². The summed E-state index contributed by atoms with van der Waals surface area (Å²) in [6, 6.07) is 9.98. The highest BCUT2D eigenvalue weighted by atomic mass is 31.2. The third-order valence-electron chi connectivity index (χ3n) is 3.29. The Balaban J connectivity index is 2.28. The van der Waals surface area contributed by atoms with Gasteiger partial charge in [-0.2, -0.15) is 0 Å². The summed E-state index contributed by atoms with van der Waals surface area (Å²) in [6.07, 6.45) is 4.83. The molecule has 1 aliphatic carbocycles. The van der Waals surface area contributed by atoms with Crippen LogP contribution in [0.1, 0.15) is 25.7 Å². The number of benzene rings is 1. The monoisotopic (exact) mass is 208 g/mol. The van der Waals surface area contributed by atoms with Crippen molar-refractivity contribution in [2.45, 2.75) is 31.3 Å². The molecule has 2 rings (SSSR count). The Morgan fingerprint density at radius 1 is 1.14 bits per heavy atom. The minimum atomic E-state index is -2.09. The van der Waals surface area contributed by atoms with Gasteiger partial charge in [0.05, 0.1) is 0 Å². The molecule has 1 aromatic rings. The van der Waals surface area contributed by atoms with Gasteiger partial charge >= 0.3 is 0 Å². The quantitative estimate of drug-likeness (QED) is 0.682. The Kier molecular flexibility index (Phi) is 2.78. The van der Waals surface area contributed by atoms with Crippen molar-refractivity contribution in [3.63, 3.8) is 0 Å². The number of rotatable bonds is 2. The van der Waals surface area contributed by atoms with Crippen molar-refractivity contribution in [3.05, 3.63) is 30.3 Å². The maximum absolute atomic E-state index is 12.6. The molecule has 0 aliphatic heterocycles. The van der Waals surface area contributed by atoms with Crippen molar-refractivity contribution in [2.24, 2.45) is 0 Å². The van der Waals surface area contributed by atoms with E-state index in [0.29, 0.717) is 5.66 Å². The molecule has 0 radical (unpaired) electrons. The average molecular weight is 208 g/mol. The fraction of sp³-hybridized carbons (Fsp3) is 0.500. The fourth-order valence-electron chi connectivity index (χ4n) is 2.33. The van der Waals surface area contributed by atoms with E-state index in [1.807, 2.05) is 37.0 Å². The zero-order valence-electron chi connectivity index (χ0n) is 8.65. The first-order valence-electron chi connectivity index (χ1n) is 5.34.